The molecule has 0 N–H and O–H groups in total. The number of hydrogen-bond acceptors (Lipinski definition) is 1. The number of aryl methyl sites for hydroxylation is 1. The Bertz CT molecular complexity index is 222. The molecule has 3 nitrogen and oxygen atoms in total. The van der Waals surface area contributed by atoms with Crippen LogP contribution in [0.25, 0.3) is 0 Å². The van der Waals surface area contributed by atoms with Crippen molar-refractivity contribution >= 4 is 0 Å². The Balaban J connectivity index is 0.000000640. The number of aromatic nitrogens is 2. The van der Waals surface area contributed by atoms with Crippen molar-refractivity contribution in [2.75, 3.05) is 0 Å². The van der Waals surface area contributed by atoms with Crippen molar-refractivity contribution < 1.29 is 21.5 Å². The van der Waals surface area contributed by atoms with Crippen LogP contribution in [0.5, 0.6) is 0 Å². The van der Waals surface area contributed by atoms with Crippen molar-refractivity contribution in [1.82, 2.24) is 4.57 Å². The van der Waals surface area contributed by atoms with E-state index in [9.17, 15) is 0 Å². The van der Waals surface area contributed by atoms with Gasteiger partial charge in [-0.25, -0.2) is 0 Å². The van der Waals surface area contributed by atoms with E-state index in [2.05, 4.69) is 0 Å². The van der Waals surface area contributed by atoms with Crippen molar-refractivity contribution in [3.8, 4) is 6.19 Å². The van der Waals surface area contributed by atoms with Gasteiger partial charge in [-0.2, -0.15) is 4.57 Å². The Hall–Kier alpha value is -0.820. The SMILES string of the molecule is Cn1cc[n+](C#N)c1.[Br-]. The molecule has 0 bridgehead atoms. The largest absolute Gasteiger partial charge is 1.00 e. The molecule has 0 radical (unpaired) electrons. The van der Waals surface area contributed by atoms with E-state index in [4.69, 9.17) is 5.26 Å². The van der Waals surface area contributed by atoms with Crippen LogP contribution < -0.4 is 21.5 Å². The lowest BCUT2D eigenvalue weighted by molar-refractivity contribution is -0.585. The number of hydrogen-bond donors (Lipinski definition) is 0. The predicted octanol–water partition coefficient (Wildman–Crippen LogP) is -3.35. The normalized spacial score (nSPS) is 7.56. The van der Waals surface area contributed by atoms with Gasteiger partial charge in [0.05, 0.1) is 13.2 Å². The summed E-state index contributed by atoms with van der Waals surface area (Å²) in [5, 5.41) is 8.25. The Labute approximate surface area is 63.9 Å². The van der Waals surface area contributed by atoms with Gasteiger partial charge in [-0.05, 0) is 0 Å². The van der Waals surface area contributed by atoms with Crippen LogP contribution in [0.1, 0.15) is 0 Å². The lowest BCUT2D eigenvalue weighted by Gasteiger charge is -1.72. The van der Waals surface area contributed by atoms with Crippen molar-refractivity contribution in [3.05, 3.63) is 18.7 Å². The first-order valence-electron chi connectivity index (χ1n) is 2.26. The topological polar surface area (TPSA) is 32.6 Å². The van der Waals surface area contributed by atoms with E-state index in [0.717, 1.165) is 0 Å². The number of nitriles is 1. The highest BCUT2D eigenvalue weighted by Gasteiger charge is 1.91. The van der Waals surface area contributed by atoms with Gasteiger partial charge < -0.3 is 17.0 Å². The van der Waals surface area contributed by atoms with Gasteiger partial charge in [-0.15, -0.1) is 0 Å². The molecule has 0 saturated carbocycles. The maximum atomic E-state index is 8.25. The lowest BCUT2D eigenvalue weighted by atomic mass is 10.9. The van der Waals surface area contributed by atoms with Crippen LogP contribution in [0.2, 0.25) is 0 Å². The monoisotopic (exact) mass is 187 g/mol. The van der Waals surface area contributed by atoms with Gasteiger partial charge in [0.15, 0.2) is 0 Å². The minimum absolute atomic E-state index is 0. The molecule has 1 rings (SSSR count). The summed E-state index contributed by atoms with van der Waals surface area (Å²) in [6, 6.07) is 0. The van der Waals surface area contributed by atoms with Crippen molar-refractivity contribution in [3.63, 3.8) is 0 Å². The molecule has 1 aromatic heterocycles. The number of nitrogens with zero attached hydrogens (tertiary/aromatic N) is 3. The Morgan fingerprint density at radius 3 is 2.56 bits per heavy atom. The third-order valence-electron chi connectivity index (χ3n) is 0.884. The number of halogens is 1. The Morgan fingerprint density at radius 1 is 1.67 bits per heavy atom. The van der Waals surface area contributed by atoms with Crippen LogP contribution in [-0.2, 0) is 7.05 Å². The zero-order valence-electron chi connectivity index (χ0n) is 4.95. The molecule has 4 heteroatoms. The molecule has 0 spiro atoms. The summed E-state index contributed by atoms with van der Waals surface area (Å²) in [7, 11) is 1.87. The molecular weight excluding hydrogens is 182 g/mol. The summed E-state index contributed by atoms with van der Waals surface area (Å²) in [6.07, 6.45) is 7.14. The molecule has 1 heterocycles. The maximum absolute atomic E-state index is 8.25. The van der Waals surface area contributed by atoms with Crippen LogP contribution in [0, 0.1) is 11.5 Å². The minimum atomic E-state index is 0. The van der Waals surface area contributed by atoms with Crippen molar-refractivity contribution in [2.24, 2.45) is 7.05 Å². The molecule has 0 aliphatic rings. The first-order chi connectivity index (χ1) is 3.83. The second kappa shape index (κ2) is 3.25. The summed E-state index contributed by atoms with van der Waals surface area (Å²) in [6.45, 7) is 0. The molecule has 0 aromatic carbocycles. The summed E-state index contributed by atoms with van der Waals surface area (Å²) >= 11 is 0. The average molecular weight is 188 g/mol. The van der Waals surface area contributed by atoms with Crippen molar-refractivity contribution in [1.29, 1.82) is 5.26 Å². The maximum Gasteiger partial charge on any atom is 0.375 e. The molecule has 9 heavy (non-hydrogen) atoms. The number of imidazole rings is 1. The van der Waals surface area contributed by atoms with E-state index in [1.165, 1.54) is 4.57 Å². The molecule has 0 amide bonds. The highest BCUT2D eigenvalue weighted by atomic mass is 79.9. The smallest absolute Gasteiger partial charge is 0.375 e. The van der Waals surface area contributed by atoms with E-state index in [1.54, 1.807) is 12.5 Å². The standard InChI is InChI=1S/C5H6N3.BrH/c1-7-2-3-8(4-6)5-7;/h2-3,5H,1H3;1H/q+1;/p-1. The van der Waals surface area contributed by atoms with Gasteiger partial charge >= 0.3 is 6.19 Å². The highest BCUT2D eigenvalue weighted by molar-refractivity contribution is 4.65. The molecule has 1 aromatic rings. The molecular formula is C5H6BrN3. The fraction of sp³-hybridized carbons (Fsp3) is 0.200. The average Bonchev–Trinajstić information content (AvgIpc) is 2.14. The molecule has 0 fully saturated rings. The second-order valence-electron chi connectivity index (χ2n) is 1.59. The van der Waals surface area contributed by atoms with E-state index < -0.39 is 0 Å². The molecule has 0 unspecified atom stereocenters. The Morgan fingerprint density at radius 2 is 2.33 bits per heavy atom. The van der Waals surface area contributed by atoms with E-state index in [1.807, 2.05) is 24.0 Å². The zero-order chi connectivity index (χ0) is 5.98. The van der Waals surface area contributed by atoms with E-state index in [-0.39, 0.29) is 17.0 Å². The fourth-order valence-corrected chi connectivity index (χ4v) is 0.509. The van der Waals surface area contributed by atoms with E-state index in [0.29, 0.717) is 0 Å². The third kappa shape index (κ3) is 1.86. The van der Waals surface area contributed by atoms with Crippen LogP contribution in [0.3, 0.4) is 0 Å². The molecule has 0 atom stereocenters. The van der Waals surface area contributed by atoms with Gasteiger partial charge in [0.1, 0.15) is 6.20 Å². The number of rotatable bonds is 0. The highest BCUT2D eigenvalue weighted by Crippen LogP contribution is 1.72. The van der Waals surface area contributed by atoms with Gasteiger partial charge in [0.2, 0.25) is 6.33 Å². The van der Waals surface area contributed by atoms with Crippen LogP contribution >= 0.6 is 0 Å². The first-order valence-corrected chi connectivity index (χ1v) is 2.26. The van der Waals surface area contributed by atoms with Gasteiger partial charge in [-0.3, -0.25) is 4.57 Å². The molecule has 0 aliphatic heterocycles. The van der Waals surface area contributed by atoms with Crippen LogP contribution in [0.15, 0.2) is 18.7 Å². The Kier molecular flexibility index (Phi) is 2.96. The second-order valence-corrected chi connectivity index (χ2v) is 1.59. The zero-order valence-corrected chi connectivity index (χ0v) is 6.54. The van der Waals surface area contributed by atoms with E-state index >= 15 is 0 Å². The lowest BCUT2D eigenvalue weighted by Crippen LogP contribution is -3.00. The molecule has 48 valence electrons. The van der Waals surface area contributed by atoms with Gasteiger partial charge in [-0.1, -0.05) is 0 Å². The molecule has 0 aliphatic carbocycles. The van der Waals surface area contributed by atoms with Gasteiger partial charge in [0, 0.05) is 5.26 Å². The first kappa shape index (κ1) is 8.18. The summed E-state index contributed by atoms with van der Waals surface area (Å²) in [4.78, 5) is 0. The summed E-state index contributed by atoms with van der Waals surface area (Å²) < 4.78 is 3.24. The summed E-state index contributed by atoms with van der Waals surface area (Å²) in [5.41, 5.74) is 0. The van der Waals surface area contributed by atoms with Gasteiger partial charge in [0.25, 0.3) is 0 Å². The quantitative estimate of drug-likeness (QED) is 0.391. The predicted molar refractivity (Wildman–Crippen MR) is 26.6 cm³/mol. The minimum Gasteiger partial charge on any atom is -1.00 e. The fourth-order valence-electron chi connectivity index (χ4n) is 0.509. The summed E-state index contributed by atoms with van der Waals surface area (Å²) in [5.74, 6) is 0. The molecule has 0 saturated heterocycles. The third-order valence-corrected chi connectivity index (χ3v) is 0.884. The van der Waals surface area contributed by atoms with Crippen LogP contribution in [-0.4, -0.2) is 4.57 Å². The van der Waals surface area contributed by atoms with Crippen molar-refractivity contribution in [2.45, 2.75) is 0 Å². The van der Waals surface area contributed by atoms with Crippen LogP contribution in [0.4, 0.5) is 0 Å².